The van der Waals surface area contributed by atoms with E-state index in [1.54, 1.807) is 0 Å². The van der Waals surface area contributed by atoms with E-state index in [1.165, 1.54) is 0 Å². The van der Waals surface area contributed by atoms with E-state index in [-0.39, 0.29) is 18.2 Å². The second-order valence-electron chi connectivity index (χ2n) is 11.2. The molecule has 0 aromatic heterocycles. The number of hydrogen-bond acceptors (Lipinski definition) is 4. The lowest BCUT2D eigenvalue weighted by atomic mass is 9.97. The molecule has 0 aliphatic carbocycles. The van der Waals surface area contributed by atoms with E-state index < -0.39 is 13.9 Å². The first kappa shape index (κ1) is 28.4. The molecule has 1 unspecified atom stereocenters. The van der Waals surface area contributed by atoms with E-state index in [0.717, 1.165) is 29.2 Å². The first-order chi connectivity index (χ1) is 15.8. The maximum atomic E-state index is 12.9. The van der Waals surface area contributed by atoms with Gasteiger partial charge in [0.25, 0.3) is 0 Å². The van der Waals surface area contributed by atoms with Gasteiger partial charge in [-0.15, -0.1) is 11.8 Å². The highest BCUT2D eigenvalue weighted by Crippen LogP contribution is 2.32. The molecule has 0 spiro atoms. The smallest absolute Gasteiger partial charge is 0.338 e. The maximum Gasteiger partial charge on any atom is 0.338 e. The van der Waals surface area contributed by atoms with Crippen LogP contribution < -0.4 is 0 Å². The second-order valence-corrected chi connectivity index (χ2v) is 16.8. The molecule has 0 bridgehead atoms. The van der Waals surface area contributed by atoms with Crippen molar-refractivity contribution in [3.63, 3.8) is 0 Å². The van der Waals surface area contributed by atoms with Crippen LogP contribution in [0.2, 0.25) is 25.7 Å². The van der Waals surface area contributed by atoms with Gasteiger partial charge in [-0.05, 0) is 57.7 Å². The van der Waals surface area contributed by atoms with E-state index >= 15 is 0 Å². The van der Waals surface area contributed by atoms with E-state index in [9.17, 15) is 4.79 Å². The lowest BCUT2D eigenvalue weighted by Crippen LogP contribution is -2.23. The standard InChI is InChI=1S/C29H44O4Si/c1-10-21(2)13-11-15-25-26(33-29(5,6)32-25)16-12-14-24-20-22(3)19-23(4)27(24)28(30)31-17-18-34(7,8)9/h12,14,19-21,25-26H,10,15-18H2,1-9H3/b14-12+/t21-,25?,26-/m0/s1. The SMILES string of the molecule is CC[C@H](C)C#CCC1OC(C)(C)O[C@H]1C/C=C/c1cc(C)cc(C)c1C(=O)OCC[Si](C)(C)C. The molecule has 188 valence electrons. The molecule has 5 heteroatoms. The van der Waals surface area contributed by atoms with Crippen molar-refractivity contribution >= 4 is 20.1 Å². The Balaban J connectivity index is 2.14. The number of benzene rings is 1. The Bertz CT molecular complexity index is 930. The van der Waals surface area contributed by atoms with Crippen molar-refractivity contribution in [2.75, 3.05) is 6.61 Å². The van der Waals surface area contributed by atoms with Crippen LogP contribution in [0.3, 0.4) is 0 Å². The van der Waals surface area contributed by atoms with Crippen LogP contribution in [-0.2, 0) is 14.2 Å². The van der Waals surface area contributed by atoms with Gasteiger partial charge >= 0.3 is 5.97 Å². The van der Waals surface area contributed by atoms with Crippen molar-refractivity contribution in [3.8, 4) is 11.8 Å². The quantitative estimate of drug-likeness (QED) is 0.212. The van der Waals surface area contributed by atoms with Crippen LogP contribution in [0.5, 0.6) is 0 Å². The van der Waals surface area contributed by atoms with Gasteiger partial charge in [-0.3, -0.25) is 0 Å². The molecule has 0 N–H and O–H groups in total. The zero-order valence-corrected chi connectivity index (χ0v) is 23.7. The predicted molar refractivity (Wildman–Crippen MR) is 144 cm³/mol. The Morgan fingerprint density at radius 2 is 1.88 bits per heavy atom. The summed E-state index contributed by atoms with van der Waals surface area (Å²) >= 11 is 0. The summed E-state index contributed by atoms with van der Waals surface area (Å²) in [6.45, 7) is 19.5. The first-order valence-corrected chi connectivity index (χ1v) is 16.3. The summed E-state index contributed by atoms with van der Waals surface area (Å²) in [7, 11) is -1.26. The Kier molecular flexibility index (Phi) is 10.2. The molecule has 1 aliphatic rings. The highest BCUT2D eigenvalue weighted by atomic mass is 28.3. The molecule has 1 aromatic rings. The number of hydrogen-bond donors (Lipinski definition) is 0. The summed E-state index contributed by atoms with van der Waals surface area (Å²) in [6.07, 6.45) is 6.35. The average Bonchev–Trinajstić information content (AvgIpc) is 2.99. The monoisotopic (exact) mass is 484 g/mol. The summed E-state index contributed by atoms with van der Waals surface area (Å²) in [5.74, 6) is 6.11. The highest BCUT2D eigenvalue weighted by molar-refractivity contribution is 6.76. The molecule has 2 rings (SSSR count). The Labute approximate surface area is 208 Å². The highest BCUT2D eigenvalue weighted by Gasteiger charge is 2.40. The molecule has 0 amide bonds. The van der Waals surface area contributed by atoms with Gasteiger partial charge in [0.15, 0.2) is 5.79 Å². The van der Waals surface area contributed by atoms with E-state index in [4.69, 9.17) is 14.2 Å². The molecule has 3 atom stereocenters. The van der Waals surface area contributed by atoms with Gasteiger partial charge in [-0.25, -0.2) is 4.79 Å². The van der Waals surface area contributed by atoms with Gasteiger partial charge in [0.2, 0.25) is 0 Å². The summed E-state index contributed by atoms with van der Waals surface area (Å²) in [6, 6.07) is 5.05. The number of rotatable bonds is 9. The molecule has 34 heavy (non-hydrogen) atoms. The third-order valence-electron chi connectivity index (χ3n) is 6.01. The number of aryl methyl sites for hydroxylation is 2. The fourth-order valence-electron chi connectivity index (χ4n) is 3.98. The Morgan fingerprint density at radius 1 is 1.21 bits per heavy atom. The van der Waals surface area contributed by atoms with Gasteiger partial charge in [-0.1, -0.05) is 63.3 Å². The van der Waals surface area contributed by atoms with Gasteiger partial charge in [-0.2, -0.15) is 0 Å². The van der Waals surface area contributed by atoms with E-state index in [0.29, 0.717) is 30.9 Å². The molecule has 1 fully saturated rings. The molecular weight excluding hydrogens is 440 g/mol. The van der Waals surface area contributed by atoms with Crippen molar-refractivity contribution in [2.45, 2.75) is 104 Å². The average molecular weight is 485 g/mol. The molecule has 1 aromatic carbocycles. The minimum Gasteiger partial charge on any atom is -0.462 e. The summed E-state index contributed by atoms with van der Waals surface area (Å²) in [5.41, 5.74) is 3.60. The molecule has 1 heterocycles. The second kappa shape index (κ2) is 12.2. The van der Waals surface area contributed by atoms with Crippen molar-refractivity contribution in [2.24, 2.45) is 5.92 Å². The van der Waals surface area contributed by atoms with Gasteiger partial charge in [0.1, 0.15) is 0 Å². The van der Waals surface area contributed by atoms with Crippen LogP contribution >= 0.6 is 0 Å². The number of esters is 1. The summed E-state index contributed by atoms with van der Waals surface area (Å²) in [5, 5.41) is 0. The van der Waals surface area contributed by atoms with Crippen molar-refractivity contribution in [1.29, 1.82) is 0 Å². The van der Waals surface area contributed by atoms with Crippen molar-refractivity contribution < 1.29 is 19.0 Å². The van der Waals surface area contributed by atoms with Crippen molar-refractivity contribution in [3.05, 3.63) is 40.5 Å². The molecule has 0 saturated carbocycles. The number of carbonyl (C=O) groups is 1. The van der Waals surface area contributed by atoms with Gasteiger partial charge in [0, 0.05) is 20.4 Å². The first-order valence-electron chi connectivity index (χ1n) is 12.6. The fraction of sp³-hybridized carbons (Fsp3) is 0.621. The van der Waals surface area contributed by atoms with E-state index in [1.807, 2.05) is 45.9 Å². The zero-order chi connectivity index (χ0) is 25.5. The maximum absolute atomic E-state index is 12.9. The minimum absolute atomic E-state index is 0.0681. The third-order valence-corrected chi connectivity index (χ3v) is 7.72. The van der Waals surface area contributed by atoms with Crippen LogP contribution in [0.1, 0.15) is 74.0 Å². The lowest BCUT2D eigenvalue weighted by molar-refractivity contribution is -0.145. The third kappa shape index (κ3) is 9.06. The molecule has 0 radical (unpaired) electrons. The fourth-order valence-corrected chi connectivity index (χ4v) is 4.69. The molecular formula is C29H44O4Si. The van der Waals surface area contributed by atoms with Crippen LogP contribution in [0.25, 0.3) is 6.08 Å². The topological polar surface area (TPSA) is 44.8 Å². The zero-order valence-electron chi connectivity index (χ0n) is 22.7. The van der Waals surface area contributed by atoms with Crippen LogP contribution in [-0.4, -0.2) is 38.6 Å². The normalized spacial score (nSPS) is 20.7. The van der Waals surface area contributed by atoms with E-state index in [2.05, 4.69) is 51.4 Å². The van der Waals surface area contributed by atoms with Crippen molar-refractivity contribution in [1.82, 2.24) is 0 Å². The van der Waals surface area contributed by atoms with Crippen LogP contribution in [0.15, 0.2) is 18.2 Å². The predicted octanol–water partition coefficient (Wildman–Crippen LogP) is 7.16. The largest absolute Gasteiger partial charge is 0.462 e. The minimum atomic E-state index is -1.26. The number of carbonyl (C=O) groups excluding carboxylic acids is 1. The lowest BCUT2D eigenvalue weighted by Gasteiger charge is -2.17. The van der Waals surface area contributed by atoms with Gasteiger partial charge in [0.05, 0.1) is 24.4 Å². The Morgan fingerprint density at radius 3 is 2.53 bits per heavy atom. The summed E-state index contributed by atoms with van der Waals surface area (Å²) < 4.78 is 18.0. The molecule has 4 nitrogen and oxygen atoms in total. The van der Waals surface area contributed by atoms with Crippen LogP contribution in [0.4, 0.5) is 0 Å². The number of ether oxygens (including phenoxy) is 3. The van der Waals surface area contributed by atoms with Crippen LogP contribution in [0, 0.1) is 31.6 Å². The van der Waals surface area contributed by atoms with Gasteiger partial charge < -0.3 is 14.2 Å². The molecule has 1 saturated heterocycles. The molecule has 1 aliphatic heterocycles. The summed E-state index contributed by atoms with van der Waals surface area (Å²) in [4.78, 5) is 12.9. The Hall–Kier alpha value is -1.87.